The highest BCUT2D eigenvalue weighted by Gasteiger charge is 2.26. The van der Waals surface area contributed by atoms with Crippen LogP contribution in [0.4, 0.5) is 0 Å². The first-order valence-electron chi connectivity index (χ1n) is 8.24. The van der Waals surface area contributed by atoms with Gasteiger partial charge in [0.25, 0.3) is 0 Å². The van der Waals surface area contributed by atoms with Crippen molar-refractivity contribution in [1.29, 1.82) is 0 Å². The molecule has 0 aromatic rings. The van der Waals surface area contributed by atoms with Crippen LogP contribution >= 0.6 is 0 Å². The molecule has 2 heteroatoms. The molecule has 106 valence electrons. The number of hydrogen-bond donors (Lipinski definition) is 1. The second-order valence-corrected chi connectivity index (χ2v) is 6.44. The van der Waals surface area contributed by atoms with Crippen LogP contribution in [-0.2, 0) is 0 Å². The second-order valence-electron chi connectivity index (χ2n) is 6.44. The predicted molar refractivity (Wildman–Crippen MR) is 78.9 cm³/mol. The van der Waals surface area contributed by atoms with Gasteiger partial charge < -0.3 is 10.2 Å². The third-order valence-electron chi connectivity index (χ3n) is 5.33. The maximum Gasteiger partial charge on any atom is 0.0108 e. The van der Waals surface area contributed by atoms with E-state index in [1.165, 1.54) is 70.9 Å². The monoisotopic (exact) mass is 252 g/mol. The van der Waals surface area contributed by atoms with Gasteiger partial charge in [-0.05, 0) is 64.6 Å². The van der Waals surface area contributed by atoms with Gasteiger partial charge in [0.05, 0.1) is 0 Å². The van der Waals surface area contributed by atoms with E-state index in [4.69, 9.17) is 0 Å². The molecular weight excluding hydrogens is 220 g/mol. The van der Waals surface area contributed by atoms with E-state index in [-0.39, 0.29) is 0 Å². The maximum atomic E-state index is 3.54. The van der Waals surface area contributed by atoms with Crippen LogP contribution in [0.3, 0.4) is 0 Å². The second kappa shape index (κ2) is 7.49. The Balaban J connectivity index is 1.85. The van der Waals surface area contributed by atoms with Gasteiger partial charge in [0, 0.05) is 12.1 Å². The third kappa shape index (κ3) is 3.96. The number of rotatable bonds is 3. The lowest BCUT2D eigenvalue weighted by Crippen LogP contribution is -2.40. The van der Waals surface area contributed by atoms with Crippen LogP contribution < -0.4 is 5.32 Å². The first kappa shape index (κ1) is 14.3. The Labute approximate surface area is 114 Å². The molecule has 1 heterocycles. The Bertz CT molecular complexity index is 221. The van der Waals surface area contributed by atoms with Gasteiger partial charge in [-0.2, -0.15) is 0 Å². The van der Waals surface area contributed by atoms with Gasteiger partial charge in [0.2, 0.25) is 0 Å². The van der Waals surface area contributed by atoms with E-state index in [2.05, 4.69) is 24.2 Å². The molecule has 1 aliphatic carbocycles. The number of nitrogens with one attached hydrogen (secondary N) is 1. The lowest BCUT2D eigenvalue weighted by atomic mass is 9.97. The van der Waals surface area contributed by atoms with Gasteiger partial charge in [-0.3, -0.25) is 0 Å². The maximum absolute atomic E-state index is 3.54. The standard InChI is InChI=1S/C16H32N2/c1-3-14-6-4-7-15(10-9-14)18(2)16-8-5-12-17-13-11-16/h14-17H,3-13H2,1-2H3. The van der Waals surface area contributed by atoms with E-state index in [9.17, 15) is 0 Å². The highest BCUT2D eigenvalue weighted by atomic mass is 15.2. The first-order valence-corrected chi connectivity index (χ1v) is 8.24. The topological polar surface area (TPSA) is 15.3 Å². The van der Waals surface area contributed by atoms with E-state index in [1.807, 2.05) is 0 Å². The van der Waals surface area contributed by atoms with E-state index >= 15 is 0 Å². The minimum Gasteiger partial charge on any atom is -0.317 e. The van der Waals surface area contributed by atoms with Crippen LogP contribution in [0.2, 0.25) is 0 Å². The molecule has 0 bridgehead atoms. The molecular formula is C16H32N2. The van der Waals surface area contributed by atoms with Gasteiger partial charge in [0.15, 0.2) is 0 Å². The van der Waals surface area contributed by atoms with Crippen molar-refractivity contribution in [3.63, 3.8) is 0 Å². The minimum atomic E-state index is 0.836. The molecule has 1 aliphatic heterocycles. The van der Waals surface area contributed by atoms with Crippen LogP contribution in [0, 0.1) is 5.92 Å². The summed E-state index contributed by atoms with van der Waals surface area (Å²) in [6.07, 6.45) is 12.8. The van der Waals surface area contributed by atoms with Gasteiger partial charge in [-0.1, -0.05) is 26.2 Å². The summed E-state index contributed by atoms with van der Waals surface area (Å²) in [4.78, 5) is 2.74. The lowest BCUT2D eigenvalue weighted by molar-refractivity contribution is 0.145. The SMILES string of the molecule is CCC1CCCC(N(C)C2CCCNCC2)CC1. The lowest BCUT2D eigenvalue weighted by Gasteiger charge is -2.34. The summed E-state index contributed by atoms with van der Waals surface area (Å²) in [5.74, 6) is 1.01. The van der Waals surface area contributed by atoms with E-state index in [1.54, 1.807) is 0 Å². The average molecular weight is 252 g/mol. The summed E-state index contributed by atoms with van der Waals surface area (Å²) in [5, 5.41) is 3.54. The Hall–Kier alpha value is -0.0800. The van der Waals surface area contributed by atoms with Gasteiger partial charge in [-0.15, -0.1) is 0 Å². The van der Waals surface area contributed by atoms with Crippen molar-refractivity contribution in [1.82, 2.24) is 10.2 Å². The van der Waals surface area contributed by atoms with Crippen molar-refractivity contribution in [3.8, 4) is 0 Å². The largest absolute Gasteiger partial charge is 0.317 e. The summed E-state index contributed by atoms with van der Waals surface area (Å²) < 4.78 is 0. The molecule has 3 unspecified atom stereocenters. The molecule has 1 saturated heterocycles. The van der Waals surface area contributed by atoms with Crippen molar-refractivity contribution < 1.29 is 0 Å². The van der Waals surface area contributed by atoms with Crippen LogP contribution in [0.15, 0.2) is 0 Å². The molecule has 0 radical (unpaired) electrons. The molecule has 2 aliphatic rings. The molecule has 0 aromatic heterocycles. The highest BCUT2D eigenvalue weighted by Crippen LogP contribution is 2.29. The highest BCUT2D eigenvalue weighted by molar-refractivity contribution is 4.82. The fraction of sp³-hybridized carbons (Fsp3) is 1.00. The number of nitrogens with zero attached hydrogens (tertiary/aromatic N) is 1. The van der Waals surface area contributed by atoms with Crippen molar-refractivity contribution in [3.05, 3.63) is 0 Å². The Morgan fingerprint density at radius 2 is 1.67 bits per heavy atom. The summed E-state index contributed by atoms with van der Waals surface area (Å²) in [6, 6.07) is 1.70. The average Bonchev–Trinajstić information content (AvgIpc) is 2.80. The molecule has 0 aromatic carbocycles. The van der Waals surface area contributed by atoms with Crippen molar-refractivity contribution in [2.75, 3.05) is 20.1 Å². The van der Waals surface area contributed by atoms with Crippen molar-refractivity contribution in [2.45, 2.75) is 76.8 Å². The van der Waals surface area contributed by atoms with E-state index < -0.39 is 0 Å². The van der Waals surface area contributed by atoms with Gasteiger partial charge in [-0.25, -0.2) is 0 Å². The van der Waals surface area contributed by atoms with Crippen LogP contribution in [0.25, 0.3) is 0 Å². The molecule has 2 nitrogen and oxygen atoms in total. The quantitative estimate of drug-likeness (QED) is 0.774. The molecule has 0 spiro atoms. The predicted octanol–water partition coefficient (Wildman–Crippen LogP) is 3.42. The molecule has 18 heavy (non-hydrogen) atoms. The van der Waals surface area contributed by atoms with Crippen LogP contribution in [-0.4, -0.2) is 37.1 Å². The van der Waals surface area contributed by atoms with Crippen LogP contribution in [0.5, 0.6) is 0 Å². The Morgan fingerprint density at radius 3 is 2.50 bits per heavy atom. The summed E-state index contributed by atoms with van der Waals surface area (Å²) in [6.45, 7) is 4.82. The van der Waals surface area contributed by atoms with Gasteiger partial charge >= 0.3 is 0 Å². The van der Waals surface area contributed by atoms with Crippen molar-refractivity contribution >= 4 is 0 Å². The summed E-state index contributed by atoms with van der Waals surface area (Å²) in [7, 11) is 2.40. The normalized spacial score (nSPS) is 35.2. The number of hydrogen-bond acceptors (Lipinski definition) is 2. The fourth-order valence-electron chi connectivity index (χ4n) is 3.88. The first-order chi connectivity index (χ1) is 8.81. The Morgan fingerprint density at radius 1 is 0.889 bits per heavy atom. The van der Waals surface area contributed by atoms with Crippen molar-refractivity contribution in [2.24, 2.45) is 5.92 Å². The fourth-order valence-corrected chi connectivity index (χ4v) is 3.88. The minimum absolute atomic E-state index is 0.836. The van der Waals surface area contributed by atoms with E-state index in [0.29, 0.717) is 0 Å². The molecule has 3 atom stereocenters. The molecule has 0 amide bonds. The summed E-state index contributed by atoms with van der Waals surface area (Å²) >= 11 is 0. The molecule has 2 rings (SSSR count). The Kier molecular flexibility index (Phi) is 5.97. The zero-order valence-electron chi connectivity index (χ0n) is 12.5. The smallest absolute Gasteiger partial charge is 0.0108 e. The molecule has 1 saturated carbocycles. The zero-order chi connectivity index (χ0) is 12.8. The molecule has 2 fully saturated rings. The van der Waals surface area contributed by atoms with E-state index in [0.717, 1.165) is 18.0 Å². The zero-order valence-corrected chi connectivity index (χ0v) is 12.5. The third-order valence-corrected chi connectivity index (χ3v) is 5.33. The van der Waals surface area contributed by atoms with Crippen LogP contribution in [0.1, 0.15) is 64.7 Å². The summed E-state index contributed by atoms with van der Waals surface area (Å²) in [5.41, 5.74) is 0. The van der Waals surface area contributed by atoms with Gasteiger partial charge in [0.1, 0.15) is 0 Å². The molecule has 1 N–H and O–H groups in total.